The molecule has 0 saturated carbocycles. The van der Waals surface area contributed by atoms with Gasteiger partial charge in [-0.1, -0.05) is 108 Å². The van der Waals surface area contributed by atoms with Crippen molar-refractivity contribution in [3.05, 3.63) is 107 Å². The number of carbonyl (C=O) groups excluding carboxylic acids is 8. The van der Waals surface area contributed by atoms with E-state index in [4.69, 9.17) is 0 Å². The highest BCUT2D eigenvalue weighted by molar-refractivity contribution is 6.01. The quantitative estimate of drug-likeness (QED) is 0.0927. The van der Waals surface area contributed by atoms with Gasteiger partial charge in [-0.05, 0) is 94.8 Å². The topological polar surface area (TPSA) is 239 Å². The third kappa shape index (κ3) is 14.3. The van der Waals surface area contributed by atoms with Gasteiger partial charge < -0.3 is 52.3 Å². The zero-order valence-electron chi connectivity index (χ0n) is 43.8. The zero-order valence-corrected chi connectivity index (χ0v) is 43.8. The molecule has 5 rings (SSSR count). The first kappa shape index (κ1) is 56.3. The van der Waals surface area contributed by atoms with Crippen molar-refractivity contribution in [1.82, 2.24) is 52.3 Å². The molecule has 0 bridgehead atoms. The van der Waals surface area contributed by atoms with Gasteiger partial charge in [-0.3, -0.25) is 38.4 Å². The molecular formula is C54H76N10O8. The van der Waals surface area contributed by atoms with Crippen LogP contribution in [-0.4, -0.2) is 133 Å². The monoisotopic (exact) mass is 993 g/mol. The lowest BCUT2D eigenvalue weighted by Gasteiger charge is -2.36. The molecule has 72 heavy (non-hydrogen) atoms. The van der Waals surface area contributed by atoms with E-state index in [1.165, 1.54) is 15.9 Å². The molecule has 8 amide bonds. The van der Waals surface area contributed by atoms with Crippen LogP contribution < -0.4 is 42.5 Å². The highest BCUT2D eigenvalue weighted by atomic mass is 16.2. The van der Waals surface area contributed by atoms with Crippen molar-refractivity contribution in [2.45, 2.75) is 142 Å². The Morgan fingerprint density at radius 2 is 0.847 bits per heavy atom. The fourth-order valence-electron chi connectivity index (χ4n) is 8.90. The summed E-state index contributed by atoms with van der Waals surface area (Å²) in [7, 11) is 3.28. The van der Waals surface area contributed by atoms with E-state index in [-0.39, 0.29) is 48.9 Å². The van der Waals surface area contributed by atoms with Gasteiger partial charge in [0.05, 0.1) is 24.2 Å². The molecule has 10 atom stereocenters. The number of nitrogens with one attached hydrogen (secondary N) is 8. The Morgan fingerprint density at radius 1 is 0.500 bits per heavy atom. The molecule has 2 fully saturated rings. The summed E-state index contributed by atoms with van der Waals surface area (Å²) in [6.07, 6.45) is 0.152. The Morgan fingerprint density at radius 3 is 1.17 bits per heavy atom. The summed E-state index contributed by atoms with van der Waals surface area (Å²) in [5, 5.41) is 23.6. The average molecular weight is 993 g/mol. The summed E-state index contributed by atoms with van der Waals surface area (Å²) in [6, 6.07) is 17.5. The molecule has 18 nitrogen and oxygen atoms in total. The van der Waals surface area contributed by atoms with Crippen LogP contribution in [0.15, 0.2) is 84.9 Å². The van der Waals surface area contributed by atoms with E-state index in [1.807, 2.05) is 116 Å². The maximum atomic E-state index is 14.5. The van der Waals surface area contributed by atoms with Crippen molar-refractivity contribution < 1.29 is 38.4 Å². The van der Waals surface area contributed by atoms with Gasteiger partial charge in [0.2, 0.25) is 35.4 Å². The third-order valence-electron chi connectivity index (χ3n) is 13.6. The molecule has 2 saturated heterocycles. The van der Waals surface area contributed by atoms with Gasteiger partial charge in [0, 0.05) is 36.3 Å². The lowest BCUT2D eigenvalue weighted by Crippen LogP contribution is -2.59. The average Bonchev–Trinajstić information content (AvgIpc) is 3.98. The van der Waals surface area contributed by atoms with E-state index in [1.54, 1.807) is 46.1 Å². The van der Waals surface area contributed by atoms with Crippen LogP contribution in [0.1, 0.15) is 126 Å². The second kappa shape index (κ2) is 24.2. The molecule has 0 aliphatic carbocycles. The molecule has 2 aliphatic heterocycles. The molecule has 3 aromatic carbocycles. The largest absolute Gasteiger partial charge is 0.348 e. The number of amides is 8. The predicted molar refractivity (Wildman–Crippen MR) is 275 cm³/mol. The van der Waals surface area contributed by atoms with Crippen LogP contribution in [0.3, 0.4) is 0 Å². The van der Waals surface area contributed by atoms with Gasteiger partial charge in [-0.15, -0.1) is 0 Å². The Bertz CT molecular complexity index is 2260. The normalized spacial score (nSPS) is 20.4. The van der Waals surface area contributed by atoms with Crippen molar-refractivity contribution in [1.29, 1.82) is 0 Å². The summed E-state index contributed by atoms with van der Waals surface area (Å²) in [5.74, 6) is -3.64. The maximum Gasteiger partial charge on any atom is 0.251 e. The smallest absolute Gasteiger partial charge is 0.251 e. The fraction of sp³-hybridized carbons (Fsp3) is 0.519. The Hall–Kier alpha value is -6.66. The van der Waals surface area contributed by atoms with E-state index in [0.29, 0.717) is 0 Å². The number of likely N-dealkylation sites (tertiary alicyclic amines) is 2. The molecule has 3 aromatic rings. The van der Waals surface area contributed by atoms with E-state index in [2.05, 4.69) is 42.5 Å². The first-order valence-electron chi connectivity index (χ1n) is 24.8. The van der Waals surface area contributed by atoms with E-state index < -0.39 is 107 Å². The standard InChI is InChI=1S/C54H76N10O8/c1-31(35-20-15-13-16-21-35)57-49(69)41-27-39(29-63(41)51(71)43(53(5,6)7)61-45(65)33(3)55-11)59-47(67)37-24-19-25-38(26-37)48(68)60-40-28-42(50(70)58-32(2)36-22-17-14-18-23-36)64(30-40)52(72)44(54(8,9)10)62-46(66)34(4)56-12/h13-26,31-34,39-44,55-56H,27-30H2,1-12H3,(H,57,69)(H,58,70)(H,59,67)(H,60,68)(H,61,65)(H,62,66)/t31-,32-,33+,34+,39+,40+,41+,42+,43-,44-/m1/s1. The van der Waals surface area contributed by atoms with Gasteiger partial charge in [0.15, 0.2) is 0 Å². The van der Waals surface area contributed by atoms with E-state index in [0.717, 1.165) is 11.1 Å². The van der Waals surface area contributed by atoms with Crippen LogP contribution in [-0.2, 0) is 28.8 Å². The SMILES string of the molecule is CN[C@@H](C)C(=O)N[C@H](C(=O)N1C[C@@H](NC(=O)c2cccc(C(=O)N[C@H]3C[C@@H](C(=O)N[C@H](C)c4ccccc4)N(C(=O)[C@@H](NC(=O)[C@H](C)NC)C(C)(C)C)C3)c2)C[C@H]1C(=O)N[C@H](C)c1ccccc1)C(C)(C)C. The highest BCUT2D eigenvalue weighted by Crippen LogP contribution is 2.29. The van der Waals surface area contributed by atoms with Crippen LogP contribution in [0, 0.1) is 10.8 Å². The second-order valence-electron chi connectivity index (χ2n) is 21.3. The van der Waals surface area contributed by atoms with Gasteiger partial charge in [-0.25, -0.2) is 0 Å². The summed E-state index contributed by atoms with van der Waals surface area (Å²) in [5.41, 5.74) is 0.508. The molecule has 390 valence electrons. The molecule has 2 aliphatic rings. The van der Waals surface area contributed by atoms with Gasteiger partial charge in [0.1, 0.15) is 24.2 Å². The van der Waals surface area contributed by atoms with Crippen LogP contribution in [0.2, 0.25) is 0 Å². The van der Waals surface area contributed by atoms with Crippen molar-refractivity contribution in [2.24, 2.45) is 10.8 Å². The number of rotatable bonds is 18. The Balaban J connectivity index is 1.35. The third-order valence-corrected chi connectivity index (χ3v) is 13.6. The minimum absolute atomic E-state index is 0.0311. The number of likely N-dealkylation sites (N-methyl/N-ethyl adjacent to an activating group) is 2. The summed E-state index contributed by atoms with van der Waals surface area (Å²) in [6.45, 7) is 17.9. The molecule has 0 unspecified atom stereocenters. The van der Waals surface area contributed by atoms with Crippen molar-refractivity contribution >= 4 is 47.3 Å². The second-order valence-corrected chi connectivity index (χ2v) is 21.3. The first-order valence-corrected chi connectivity index (χ1v) is 24.8. The van der Waals surface area contributed by atoms with Crippen molar-refractivity contribution in [3.63, 3.8) is 0 Å². The Kier molecular flexibility index (Phi) is 18.9. The zero-order chi connectivity index (χ0) is 53.2. The fourth-order valence-corrected chi connectivity index (χ4v) is 8.90. The van der Waals surface area contributed by atoms with Gasteiger partial charge in [0.25, 0.3) is 11.8 Å². The van der Waals surface area contributed by atoms with Crippen LogP contribution in [0.25, 0.3) is 0 Å². The maximum absolute atomic E-state index is 14.5. The molecule has 8 N–H and O–H groups in total. The summed E-state index contributed by atoms with van der Waals surface area (Å²) >= 11 is 0. The first-order chi connectivity index (χ1) is 33.8. The van der Waals surface area contributed by atoms with E-state index >= 15 is 0 Å². The predicted octanol–water partition coefficient (Wildman–Crippen LogP) is 3.12. The molecule has 0 radical (unpaired) electrons. The van der Waals surface area contributed by atoms with Gasteiger partial charge >= 0.3 is 0 Å². The lowest BCUT2D eigenvalue weighted by molar-refractivity contribution is -0.144. The minimum atomic E-state index is -1.01. The summed E-state index contributed by atoms with van der Waals surface area (Å²) < 4.78 is 0. The number of benzene rings is 3. The molecule has 0 spiro atoms. The van der Waals surface area contributed by atoms with Gasteiger partial charge in [-0.2, -0.15) is 0 Å². The molecular weight excluding hydrogens is 917 g/mol. The van der Waals surface area contributed by atoms with Crippen LogP contribution in [0.4, 0.5) is 0 Å². The minimum Gasteiger partial charge on any atom is -0.348 e. The van der Waals surface area contributed by atoms with Crippen LogP contribution in [0.5, 0.6) is 0 Å². The van der Waals surface area contributed by atoms with Crippen molar-refractivity contribution in [2.75, 3.05) is 27.2 Å². The van der Waals surface area contributed by atoms with Crippen LogP contribution >= 0.6 is 0 Å². The molecule has 18 heteroatoms. The Labute approximate surface area is 424 Å². The van der Waals surface area contributed by atoms with Crippen molar-refractivity contribution in [3.8, 4) is 0 Å². The molecule has 0 aromatic heterocycles. The summed E-state index contributed by atoms with van der Waals surface area (Å²) in [4.78, 5) is 115. The highest BCUT2D eigenvalue weighted by Gasteiger charge is 2.47. The number of hydrogen-bond acceptors (Lipinski definition) is 10. The number of carbonyl (C=O) groups is 8. The molecule has 2 heterocycles. The number of nitrogens with zero attached hydrogens (tertiary/aromatic N) is 2. The number of hydrogen-bond donors (Lipinski definition) is 8. The lowest BCUT2D eigenvalue weighted by atomic mass is 9.85. The van der Waals surface area contributed by atoms with E-state index in [9.17, 15) is 38.4 Å².